The summed E-state index contributed by atoms with van der Waals surface area (Å²) in [6, 6.07) is 7.02. The number of esters is 4. The van der Waals surface area contributed by atoms with Crippen LogP contribution in [-0.4, -0.2) is 87.6 Å². The molecule has 2 aromatic rings. The maximum absolute atomic E-state index is 13.0. The van der Waals surface area contributed by atoms with Gasteiger partial charge in [-0.15, -0.1) is 0 Å². The fourth-order valence-electron chi connectivity index (χ4n) is 15.1. The first-order valence-electron chi connectivity index (χ1n) is 48.3. The molecule has 0 heterocycles. The molecule has 2 aromatic carbocycles. The fourth-order valence-corrected chi connectivity index (χ4v) is 16.5. The van der Waals surface area contributed by atoms with Crippen LogP contribution in [0.4, 0.5) is 0 Å². The van der Waals surface area contributed by atoms with E-state index in [-0.39, 0.29) is 48.9 Å². The molecule has 0 bridgehead atoms. The van der Waals surface area contributed by atoms with Crippen LogP contribution >= 0.6 is 0 Å². The van der Waals surface area contributed by atoms with Gasteiger partial charge in [0.1, 0.15) is 20.2 Å². The van der Waals surface area contributed by atoms with Crippen molar-refractivity contribution in [2.45, 2.75) is 500 Å². The average molecular weight is 1700 g/mol. The normalized spacial score (nSPS) is 11.8. The maximum atomic E-state index is 13.0. The second kappa shape index (κ2) is 84.6. The molecular weight excluding hydrogens is 1530 g/mol. The minimum atomic E-state index is -5.05. The Hall–Kier alpha value is -3.64. The van der Waals surface area contributed by atoms with Gasteiger partial charge in [0.2, 0.25) is 0 Å². The van der Waals surface area contributed by atoms with E-state index in [0.717, 1.165) is 76.3 Å². The third-order valence-electron chi connectivity index (χ3n) is 22.4. The number of unbranched alkanes of at least 4 members (excludes halogenated alkanes) is 68. The third kappa shape index (κ3) is 69.5. The van der Waals surface area contributed by atoms with Gasteiger partial charge >= 0.3 is 61.6 Å². The summed E-state index contributed by atoms with van der Waals surface area (Å²) in [5.41, 5.74) is -1.87. The Labute approximate surface area is 747 Å². The fraction of sp³-hybridized carbons (Fsp3) is 0.760. The molecule has 0 atom stereocenters. The predicted octanol–water partition coefficient (Wildman–Crippen LogP) is 31.6. The topological polar surface area (TPSA) is 220 Å². The van der Waals surface area contributed by atoms with E-state index in [9.17, 15) is 45.1 Å². The largest absolute Gasteiger partial charge is 2.00 e. The van der Waals surface area contributed by atoms with Crippen molar-refractivity contribution in [1.82, 2.24) is 0 Å². The SMILES string of the molecule is CCCCCCCCCCCCCCCCCCC/C=C/OC(=O)c1cccc(S(=O)(=O)[O-])c1C(=O)O/C=C/CCCCCCCCCCCCCCCCCCC.CCCCCCCCCCCCCCCCCCC/C=C/OC(=O)c1cccc(S(=O)(=O)[O-])c1C(=O)O/C=C/CCCCCCCCCCCCCCCCCCC.[Ca+2]. The Balaban J connectivity index is 0.00000228. The summed E-state index contributed by atoms with van der Waals surface area (Å²) in [6.45, 7) is 9.07. The van der Waals surface area contributed by atoms with Crippen LogP contribution in [0.15, 0.2) is 95.5 Å². The standard InChI is InChI=1S/2C50H86O7S.Ca/c2*1-3-5-7-9-11-13-15-17-19-21-23-25-27-29-31-33-35-37-39-44-56-49(51)46-42-41-43-47(58(53,54)55)48(46)50(52)57-45-40-38-36-34-32-30-28-26-24-22-20-18-16-14-12-10-8-6-4-2;/h2*39-45H,3-38H2,1-2H3,(H,53,54,55);/q;;+2/p-2/b2*44-39+,45-40+;. The molecule has 0 aliphatic carbocycles. The van der Waals surface area contributed by atoms with Gasteiger partial charge in [0, 0.05) is 0 Å². The zero-order valence-electron chi connectivity index (χ0n) is 75.2. The van der Waals surface area contributed by atoms with Crippen LogP contribution in [0.3, 0.4) is 0 Å². The van der Waals surface area contributed by atoms with E-state index >= 15 is 0 Å². The molecule has 0 amide bonds. The monoisotopic (exact) mass is 1700 g/mol. The summed E-state index contributed by atoms with van der Waals surface area (Å²) < 4.78 is 92.8. The molecule has 0 saturated carbocycles. The van der Waals surface area contributed by atoms with Crippen LogP contribution in [0.2, 0.25) is 0 Å². The predicted molar refractivity (Wildman–Crippen MR) is 488 cm³/mol. The minimum absolute atomic E-state index is 0. The van der Waals surface area contributed by atoms with Crippen LogP contribution < -0.4 is 0 Å². The summed E-state index contributed by atoms with van der Waals surface area (Å²) in [5, 5.41) is 0. The molecule has 0 radical (unpaired) electrons. The van der Waals surface area contributed by atoms with E-state index in [4.69, 9.17) is 18.9 Å². The number of rotatable bonds is 82. The second-order valence-electron chi connectivity index (χ2n) is 33.2. The van der Waals surface area contributed by atoms with Gasteiger partial charge < -0.3 is 28.1 Å². The van der Waals surface area contributed by atoms with Crippen molar-refractivity contribution < 1.29 is 64.1 Å². The van der Waals surface area contributed by atoms with Crippen LogP contribution in [0.1, 0.15) is 531 Å². The maximum Gasteiger partial charge on any atom is 2.00 e. The van der Waals surface area contributed by atoms with Gasteiger partial charge in [0.15, 0.2) is 0 Å². The molecule has 17 heteroatoms. The van der Waals surface area contributed by atoms with E-state index in [1.165, 1.54) is 435 Å². The first-order valence-corrected chi connectivity index (χ1v) is 51.1. The molecule has 0 unspecified atom stereocenters. The summed E-state index contributed by atoms with van der Waals surface area (Å²) in [6.07, 6.45) is 103. The molecule has 14 nitrogen and oxygen atoms in total. The molecular formula is C100H170CaO14S2. The number of hydrogen-bond acceptors (Lipinski definition) is 14. The molecule has 0 aromatic heterocycles. The van der Waals surface area contributed by atoms with E-state index in [0.29, 0.717) is 12.8 Å². The van der Waals surface area contributed by atoms with Gasteiger partial charge in [-0.1, -0.05) is 451 Å². The Bertz CT molecular complexity index is 2810. The van der Waals surface area contributed by atoms with E-state index in [1.54, 1.807) is 24.3 Å². The number of ether oxygens (including phenoxy) is 4. The minimum Gasteiger partial charge on any atom is -0.744 e. The molecule has 117 heavy (non-hydrogen) atoms. The summed E-state index contributed by atoms with van der Waals surface area (Å²) in [4.78, 5) is 50.2. The molecule has 0 saturated heterocycles. The van der Waals surface area contributed by atoms with Gasteiger partial charge in [-0.3, -0.25) is 0 Å². The van der Waals surface area contributed by atoms with Crippen molar-refractivity contribution in [3.8, 4) is 0 Å². The molecule has 0 aliphatic rings. The van der Waals surface area contributed by atoms with Crippen molar-refractivity contribution in [2.75, 3.05) is 0 Å². The Kier molecular flexibility index (Phi) is 81.9. The number of benzene rings is 2. The van der Waals surface area contributed by atoms with Crippen molar-refractivity contribution in [1.29, 1.82) is 0 Å². The van der Waals surface area contributed by atoms with Gasteiger partial charge in [-0.2, -0.15) is 0 Å². The Morgan fingerprint density at radius 2 is 0.385 bits per heavy atom. The zero-order valence-corrected chi connectivity index (χ0v) is 79.1. The molecule has 0 fully saturated rings. The summed E-state index contributed by atoms with van der Waals surface area (Å²) >= 11 is 0. The molecule has 0 aliphatic heterocycles. The van der Waals surface area contributed by atoms with Crippen LogP contribution in [0.5, 0.6) is 0 Å². The molecule has 0 spiro atoms. The van der Waals surface area contributed by atoms with Crippen molar-refractivity contribution in [3.05, 3.63) is 108 Å². The third-order valence-corrected chi connectivity index (χ3v) is 24.2. The number of carbonyl (C=O) groups is 4. The van der Waals surface area contributed by atoms with Gasteiger partial charge in [0.25, 0.3) is 0 Å². The van der Waals surface area contributed by atoms with E-state index < -0.39 is 65.0 Å². The zero-order chi connectivity index (χ0) is 84.4. The van der Waals surface area contributed by atoms with Crippen molar-refractivity contribution in [2.24, 2.45) is 0 Å². The number of allylic oxidation sites excluding steroid dienone is 4. The Morgan fingerprint density at radius 1 is 0.239 bits per heavy atom. The quantitative estimate of drug-likeness (QED) is 0.0150. The molecule has 2 rings (SSSR count). The number of hydrogen-bond donors (Lipinski definition) is 0. The van der Waals surface area contributed by atoms with Crippen LogP contribution in [0, 0.1) is 0 Å². The van der Waals surface area contributed by atoms with E-state index in [2.05, 4.69) is 27.7 Å². The first kappa shape index (κ1) is 113. The smallest absolute Gasteiger partial charge is 0.744 e. The van der Waals surface area contributed by atoms with E-state index in [1.807, 2.05) is 0 Å². The van der Waals surface area contributed by atoms with Gasteiger partial charge in [0.05, 0.1) is 57.1 Å². The second-order valence-corrected chi connectivity index (χ2v) is 35.9. The van der Waals surface area contributed by atoms with Crippen LogP contribution in [0.25, 0.3) is 0 Å². The van der Waals surface area contributed by atoms with Crippen molar-refractivity contribution in [3.63, 3.8) is 0 Å². The first-order chi connectivity index (χ1) is 56.6. The molecule has 0 N–H and O–H groups in total. The van der Waals surface area contributed by atoms with Crippen molar-refractivity contribution >= 4 is 81.9 Å². The van der Waals surface area contributed by atoms with Crippen LogP contribution in [-0.2, 0) is 39.2 Å². The summed E-state index contributed by atoms with van der Waals surface area (Å²) in [5.74, 6) is -4.03. The molecule has 668 valence electrons. The summed E-state index contributed by atoms with van der Waals surface area (Å²) in [7, 11) is -10.1. The van der Waals surface area contributed by atoms with Gasteiger partial charge in [-0.25, -0.2) is 36.0 Å². The number of carbonyl (C=O) groups excluding carboxylic acids is 4. The average Bonchev–Trinajstić information content (AvgIpc) is 0.796. The Morgan fingerprint density at radius 3 is 0.538 bits per heavy atom. The van der Waals surface area contributed by atoms with Gasteiger partial charge in [-0.05, 0) is 99.9 Å².